The number of hydrogen-bond donors (Lipinski definition) is 1. The standard InChI is InChI=1S/C16H22O2/c1-16(2)9-8-14(15(16)17)18-13-7-6-11-4-3-5-12(11)10-13/h6-7,10,14-15,17H,3-5,8-9H2,1-2H3. The van der Waals surface area contributed by atoms with Gasteiger partial charge in [0, 0.05) is 0 Å². The number of aliphatic hydroxyl groups is 1. The SMILES string of the molecule is CC1(C)CCC(Oc2ccc3c(c2)CCC3)C1O. The van der Waals surface area contributed by atoms with E-state index in [1.165, 1.54) is 30.4 Å². The minimum Gasteiger partial charge on any atom is -0.488 e. The quantitative estimate of drug-likeness (QED) is 0.869. The zero-order chi connectivity index (χ0) is 12.8. The number of ether oxygens (including phenoxy) is 1. The largest absolute Gasteiger partial charge is 0.488 e. The molecule has 2 heteroatoms. The maximum atomic E-state index is 10.2. The molecule has 3 rings (SSSR count). The summed E-state index contributed by atoms with van der Waals surface area (Å²) in [5, 5.41) is 10.2. The lowest BCUT2D eigenvalue weighted by Gasteiger charge is -2.26. The van der Waals surface area contributed by atoms with E-state index in [2.05, 4.69) is 32.0 Å². The number of aryl methyl sites for hydroxylation is 2. The number of aliphatic hydroxyl groups excluding tert-OH is 1. The van der Waals surface area contributed by atoms with Crippen molar-refractivity contribution in [1.82, 2.24) is 0 Å². The van der Waals surface area contributed by atoms with Gasteiger partial charge in [0.15, 0.2) is 0 Å². The van der Waals surface area contributed by atoms with Gasteiger partial charge in [-0.05, 0) is 60.8 Å². The topological polar surface area (TPSA) is 29.5 Å². The average molecular weight is 246 g/mol. The van der Waals surface area contributed by atoms with Crippen LogP contribution in [0.1, 0.15) is 44.2 Å². The molecule has 2 aliphatic carbocycles. The van der Waals surface area contributed by atoms with Crippen LogP contribution in [0.15, 0.2) is 18.2 Å². The third-order valence-electron chi connectivity index (χ3n) is 4.58. The van der Waals surface area contributed by atoms with Crippen LogP contribution in [0.5, 0.6) is 5.75 Å². The number of benzene rings is 1. The predicted molar refractivity (Wildman–Crippen MR) is 71.9 cm³/mol. The van der Waals surface area contributed by atoms with Crippen molar-refractivity contribution in [2.24, 2.45) is 5.41 Å². The average Bonchev–Trinajstić information content (AvgIpc) is 2.89. The number of hydrogen-bond acceptors (Lipinski definition) is 2. The molecule has 2 atom stereocenters. The molecule has 1 N–H and O–H groups in total. The van der Waals surface area contributed by atoms with Gasteiger partial charge in [-0.2, -0.15) is 0 Å². The Morgan fingerprint density at radius 3 is 2.72 bits per heavy atom. The van der Waals surface area contributed by atoms with Crippen molar-refractivity contribution in [3.8, 4) is 5.75 Å². The Hall–Kier alpha value is -1.02. The first-order valence-corrected chi connectivity index (χ1v) is 7.03. The molecule has 0 spiro atoms. The van der Waals surface area contributed by atoms with Crippen LogP contribution >= 0.6 is 0 Å². The van der Waals surface area contributed by atoms with Gasteiger partial charge in [0.05, 0.1) is 6.10 Å². The number of rotatable bonds is 2. The van der Waals surface area contributed by atoms with E-state index in [1.54, 1.807) is 0 Å². The highest BCUT2D eigenvalue weighted by Crippen LogP contribution is 2.39. The molecule has 0 aliphatic heterocycles. The normalized spacial score (nSPS) is 29.3. The minimum atomic E-state index is -0.356. The van der Waals surface area contributed by atoms with E-state index in [0.717, 1.165) is 18.6 Å². The van der Waals surface area contributed by atoms with Crippen LogP contribution in [0.2, 0.25) is 0 Å². The van der Waals surface area contributed by atoms with Gasteiger partial charge in [-0.25, -0.2) is 0 Å². The van der Waals surface area contributed by atoms with Crippen molar-refractivity contribution in [3.63, 3.8) is 0 Å². The van der Waals surface area contributed by atoms with E-state index in [-0.39, 0.29) is 17.6 Å². The summed E-state index contributed by atoms with van der Waals surface area (Å²) in [5.41, 5.74) is 2.88. The molecule has 2 aliphatic rings. The highest BCUT2D eigenvalue weighted by molar-refractivity contribution is 5.38. The lowest BCUT2D eigenvalue weighted by atomic mass is 9.89. The van der Waals surface area contributed by atoms with Gasteiger partial charge in [0.25, 0.3) is 0 Å². The molecule has 98 valence electrons. The molecular weight excluding hydrogens is 224 g/mol. The van der Waals surface area contributed by atoms with E-state index in [9.17, 15) is 5.11 Å². The molecular formula is C16H22O2. The first-order valence-electron chi connectivity index (χ1n) is 7.03. The van der Waals surface area contributed by atoms with E-state index in [1.807, 2.05) is 0 Å². The molecule has 0 radical (unpaired) electrons. The van der Waals surface area contributed by atoms with Gasteiger partial charge in [-0.15, -0.1) is 0 Å². The summed E-state index contributed by atoms with van der Waals surface area (Å²) in [6.07, 6.45) is 5.22. The van der Waals surface area contributed by atoms with Gasteiger partial charge in [-0.3, -0.25) is 0 Å². The van der Waals surface area contributed by atoms with Crippen LogP contribution < -0.4 is 4.74 Å². The second-order valence-corrected chi connectivity index (χ2v) is 6.41. The predicted octanol–water partition coefficient (Wildman–Crippen LogP) is 3.10. The molecule has 18 heavy (non-hydrogen) atoms. The summed E-state index contributed by atoms with van der Waals surface area (Å²) in [4.78, 5) is 0. The first kappa shape index (κ1) is 12.0. The Morgan fingerprint density at radius 1 is 1.22 bits per heavy atom. The molecule has 1 saturated carbocycles. The summed E-state index contributed by atoms with van der Waals surface area (Å²) >= 11 is 0. The summed E-state index contributed by atoms with van der Waals surface area (Å²) in [6, 6.07) is 6.41. The molecule has 2 nitrogen and oxygen atoms in total. The zero-order valence-electron chi connectivity index (χ0n) is 11.3. The Morgan fingerprint density at radius 2 is 2.00 bits per heavy atom. The van der Waals surface area contributed by atoms with Gasteiger partial charge in [0.1, 0.15) is 11.9 Å². The van der Waals surface area contributed by atoms with Crippen LogP contribution in [0.4, 0.5) is 0 Å². The van der Waals surface area contributed by atoms with Crippen molar-refractivity contribution in [2.75, 3.05) is 0 Å². The Bertz CT molecular complexity index is 450. The van der Waals surface area contributed by atoms with Crippen LogP contribution in [0.25, 0.3) is 0 Å². The zero-order valence-corrected chi connectivity index (χ0v) is 11.3. The highest BCUT2D eigenvalue weighted by Gasteiger charge is 2.42. The fourth-order valence-electron chi connectivity index (χ4n) is 3.24. The summed E-state index contributed by atoms with van der Waals surface area (Å²) < 4.78 is 6.00. The molecule has 1 aromatic carbocycles. The van der Waals surface area contributed by atoms with Crippen LogP contribution in [0, 0.1) is 5.41 Å². The van der Waals surface area contributed by atoms with Crippen LogP contribution in [-0.2, 0) is 12.8 Å². The van der Waals surface area contributed by atoms with Gasteiger partial charge < -0.3 is 9.84 Å². The van der Waals surface area contributed by atoms with Crippen molar-refractivity contribution in [3.05, 3.63) is 29.3 Å². The Kier molecular flexibility index (Phi) is 2.86. The second-order valence-electron chi connectivity index (χ2n) is 6.41. The Labute approximate surface area is 109 Å². The maximum Gasteiger partial charge on any atom is 0.125 e. The van der Waals surface area contributed by atoms with E-state index in [4.69, 9.17) is 4.74 Å². The smallest absolute Gasteiger partial charge is 0.125 e. The maximum absolute atomic E-state index is 10.2. The monoisotopic (exact) mass is 246 g/mol. The van der Waals surface area contributed by atoms with Crippen molar-refractivity contribution in [2.45, 2.75) is 58.2 Å². The van der Waals surface area contributed by atoms with Crippen LogP contribution in [-0.4, -0.2) is 17.3 Å². The van der Waals surface area contributed by atoms with Gasteiger partial charge in [-0.1, -0.05) is 19.9 Å². The highest BCUT2D eigenvalue weighted by atomic mass is 16.5. The third-order valence-corrected chi connectivity index (χ3v) is 4.58. The Balaban J connectivity index is 1.74. The molecule has 0 aromatic heterocycles. The summed E-state index contributed by atoms with van der Waals surface area (Å²) in [6.45, 7) is 4.23. The molecule has 0 saturated heterocycles. The third kappa shape index (κ3) is 2.03. The molecule has 1 fully saturated rings. The molecule has 0 amide bonds. The van der Waals surface area contributed by atoms with Gasteiger partial charge >= 0.3 is 0 Å². The fraction of sp³-hybridized carbons (Fsp3) is 0.625. The summed E-state index contributed by atoms with van der Waals surface area (Å²) in [7, 11) is 0. The molecule has 1 aromatic rings. The lowest BCUT2D eigenvalue weighted by Crippen LogP contribution is -2.34. The van der Waals surface area contributed by atoms with Crippen LogP contribution in [0.3, 0.4) is 0 Å². The molecule has 0 heterocycles. The van der Waals surface area contributed by atoms with Crippen molar-refractivity contribution >= 4 is 0 Å². The first-order chi connectivity index (χ1) is 8.56. The molecule has 2 unspecified atom stereocenters. The van der Waals surface area contributed by atoms with E-state index < -0.39 is 0 Å². The second kappa shape index (κ2) is 4.27. The van der Waals surface area contributed by atoms with Crippen molar-refractivity contribution in [1.29, 1.82) is 0 Å². The minimum absolute atomic E-state index is 0.0125. The fourth-order valence-corrected chi connectivity index (χ4v) is 3.24. The van der Waals surface area contributed by atoms with Gasteiger partial charge in [0.2, 0.25) is 0 Å². The number of fused-ring (bicyclic) bond motifs is 1. The summed E-state index contributed by atoms with van der Waals surface area (Å²) in [5.74, 6) is 0.928. The van der Waals surface area contributed by atoms with Crippen molar-refractivity contribution < 1.29 is 9.84 Å². The van der Waals surface area contributed by atoms with E-state index in [0.29, 0.717) is 0 Å². The van der Waals surface area contributed by atoms with E-state index >= 15 is 0 Å². The lowest BCUT2D eigenvalue weighted by molar-refractivity contribution is 0.00490. The molecule has 0 bridgehead atoms.